The molecule has 0 fully saturated rings. The Hall–Kier alpha value is -0.970. The van der Waals surface area contributed by atoms with Gasteiger partial charge < -0.3 is 5.32 Å². The first-order valence-electron chi connectivity index (χ1n) is 4.89. The molecule has 78 valence electrons. The molecule has 1 N–H and O–H groups in total. The van der Waals surface area contributed by atoms with Crippen LogP contribution in [0.25, 0.3) is 0 Å². The monoisotopic (exact) mass is 213 g/mol. The molecular weight excluding hydrogens is 198 g/mol. The van der Waals surface area contributed by atoms with Gasteiger partial charge in [-0.25, -0.2) is 0 Å². The van der Waals surface area contributed by atoms with Gasteiger partial charge in [0.1, 0.15) is 4.88 Å². The minimum Gasteiger partial charge on any atom is -0.351 e. The van der Waals surface area contributed by atoms with Crippen LogP contribution in [0.2, 0.25) is 0 Å². The van der Waals surface area contributed by atoms with E-state index in [1.807, 2.05) is 6.92 Å². The van der Waals surface area contributed by atoms with E-state index in [-0.39, 0.29) is 5.91 Å². The smallest absolute Gasteiger partial charge is 0.264 e. The molecule has 0 aliphatic carbocycles. The molecule has 0 radical (unpaired) electrons. The van der Waals surface area contributed by atoms with Gasteiger partial charge >= 0.3 is 0 Å². The first kappa shape index (κ1) is 11.1. The molecule has 0 atom stereocenters. The second kappa shape index (κ2) is 5.70. The van der Waals surface area contributed by atoms with Crippen LogP contribution in [-0.2, 0) is 6.42 Å². The Morgan fingerprint density at radius 3 is 2.86 bits per heavy atom. The van der Waals surface area contributed by atoms with Crippen LogP contribution < -0.4 is 5.32 Å². The number of hydrogen-bond donors (Lipinski definition) is 1. The molecule has 0 aliphatic heterocycles. The predicted octanol–water partition coefficient (Wildman–Crippen LogP) is 1.63. The maximum absolute atomic E-state index is 11.6. The summed E-state index contributed by atoms with van der Waals surface area (Å²) in [4.78, 5) is 12.2. The molecule has 0 bridgehead atoms. The van der Waals surface area contributed by atoms with E-state index in [0.717, 1.165) is 25.0 Å². The van der Waals surface area contributed by atoms with Gasteiger partial charge in [0.25, 0.3) is 5.91 Å². The van der Waals surface area contributed by atoms with Crippen molar-refractivity contribution in [2.45, 2.75) is 33.1 Å². The molecule has 0 unspecified atom stereocenters. The van der Waals surface area contributed by atoms with Crippen LogP contribution >= 0.6 is 11.5 Å². The summed E-state index contributed by atoms with van der Waals surface area (Å²) >= 11 is 1.17. The van der Waals surface area contributed by atoms with Gasteiger partial charge in [-0.05, 0) is 24.4 Å². The second-order valence-corrected chi connectivity index (χ2v) is 3.81. The van der Waals surface area contributed by atoms with Gasteiger partial charge in [0.05, 0.1) is 5.69 Å². The second-order valence-electron chi connectivity index (χ2n) is 3.05. The summed E-state index contributed by atoms with van der Waals surface area (Å²) in [5, 5.41) is 6.77. The number of hydrogen-bond acceptors (Lipinski definition) is 4. The molecule has 0 spiro atoms. The van der Waals surface area contributed by atoms with E-state index in [2.05, 4.69) is 21.8 Å². The van der Waals surface area contributed by atoms with Gasteiger partial charge in [0, 0.05) is 6.54 Å². The minimum absolute atomic E-state index is 0.0368. The molecule has 0 aliphatic rings. The summed E-state index contributed by atoms with van der Waals surface area (Å²) in [5.74, 6) is -0.0368. The van der Waals surface area contributed by atoms with E-state index in [1.165, 1.54) is 11.5 Å². The largest absolute Gasteiger partial charge is 0.351 e. The third kappa shape index (κ3) is 2.77. The molecule has 1 heterocycles. The highest BCUT2D eigenvalue weighted by Gasteiger charge is 2.14. The van der Waals surface area contributed by atoms with E-state index >= 15 is 0 Å². The van der Waals surface area contributed by atoms with Crippen LogP contribution in [0, 0.1) is 0 Å². The highest BCUT2D eigenvalue weighted by molar-refractivity contribution is 7.08. The summed E-state index contributed by atoms with van der Waals surface area (Å²) in [6, 6.07) is 0. The van der Waals surface area contributed by atoms with Gasteiger partial charge in [-0.1, -0.05) is 24.8 Å². The molecule has 0 saturated carbocycles. The third-order valence-corrected chi connectivity index (χ3v) is 2.55. The highest BCUT2D eigenvalue weighted by Crippen LogP contribution is 2.11. The van der Waals surface area contributed by atoms with E-state index in [4.69, 9.17) is 0 Å². The standard InChI is InChI=1S/C9H15N3OS/c1-3-5-7-8(14-12-11-7)9(13)10-6-4-2/h3-6H2,1-2H3,(H,10,13). The zero-order valence-electron chi connectivity index (χ0n) is 8.54. The van der Waals surface area contributed by atoms with Crippen molar-refractivity contribution in [2.75, 3.05) is 6.54 Å². The molecule has 5 heteroatoms. The van der Waals surface area contributed by atoms with Gasteiger partial charge in [0.2, 0.25) is 0 Å². The first-order chi connectivity index (χ1) is 6.79. The molecule has 1 amide bonds. The zero-order valence-corrected chi connectivity index (χ0v) is 9.36. The van der Waals surface area contributed by atoms with E-state index < -0.39 is 0 Å². The van der Waals surface area contributed by atoms with Crippen LogP contribution in [0.15, 0.2) is 0 Å². The highest BCUT2D eigenvalue weighted by atomic mass is 32.1. The fourth-order valence-corrected chi connectivity index (χ4v) is 1.72. The van der Waals surface area contributed by atoms with E-state index in [9.17, 15) is 4.79 Å². The van der Waals surface area contributed by atoms with Crippen molar-refractivity contribution in [3.63, 3.8) is 0 Å². The zero-order chi connectivity index (χ0) is 10.4. The first-order valence-corrected chi connectivity index (χ1v) is 5.66. The molecule has 14 heavy (non-hydrogen) atoms. The molecule has 1 aromatic rings. The fraction of sp³-hybridized carbons (Fsp3) is 0.667. The lowest BCUT2D eigenvalue weighted by Gasteiger charge is -2.01. The van der Waals surface area contributed by atoms with Crippen LogP contribution in [0.5, 0.6) is 0 Å². The normalized spacial score (nSPS) is 10.1. The van der Waals surface area contributed by atoms with Gasteiger partial charge in [-0.2, -0.15) is 0 Å². The van der Waals surface area contributed by atoms with Crippen LogP contribution in [0.1, 0.15) is 42.1 Å². The fourth-order valence-electron chi connectivity index (χ4n) is 1.10. The van der Waals surface area contributed by atoms with Gasteiger partial charge in [-0.15, -0.1) is 5.10 Å². The summed E-state index contributed by atoms with van der Waals surface area (Å²) < 4.78 is 3.80. The Kier molecular flexibility index (Phi) is 4.52. The Labute approximate surface area is 87.9 Å². The molecule has 0 saturated heterocycles. The Balaban J connectivity index is 2.63. The number of aromatic nitrogens is 2. The molecule has 0 aromatic carbocycles. The van der Waals surface area contributed by atoms with Crippen molar-refractivity contribution < 1.29 is 4.79 Å². The average molecular weight is 213 g/mol. The maximum atomic E-state index is 11.6. The van der Waals surface area contributed by atoms with Crippen molar-refractivity contribution >= 4 is 17.4 Å². The maximum Gasteiger partial charge on any atom is 0.264 e. The third-order valence-electron chi connectivity index (χ3n) is 1.78. The van der Waals surface area contributed by atoms with Gasteiger partial charge in [0.15, 0.2) is 0 Å². The number of rotatable bonds is 5. The van der Waals surface area contributed by atoms with E-state index in [1.54, 1.807) is 0 Å². The Morgan fingerprint density at radius 1 is 1.43 bits per heavy atom. The SMILES string of the molecule is CCCNC(=O)c1snnc1CCC. The number of nitrogens with one attached hydrogen (secondary N) is 1. The Morgan fingerprint density at radius 2 is 2.21 bits per heavy atom. The molecule has 4 nitrogen and oxygen atoms in total. The van der Waals surface area contributed by atoms with Crippen LogP contribution in [-0.4, -0.2) is 22.0 Å². The summed E-state index contributed by atoms with van der Waals surface area (Å²) in [6.45, 7) is 4.80. The van der Waals surface area contributed by atoms with Crippen LogP contribution in [0.4, 0.5) is 0 Å². The van der Waals surface area contributed by atoms with Crippen molar-refractivity contribution in [1.29, 1.82) is 0 Å². The lowest BCUT2D eigenvalue weighted by atomic mass is 10.2. The molecular formula is C9H15N3OS. The van der Waals surface area contributed by atoms with Gasteiger partial charge in [-0.3, -0.25) is 4.79 Å². The van der Waals surface area contributed by atoms with Crippen molar-refractivity contribution in [1.82, 2.24) is 14.9 Å². The lowest BCUT2D eigenvalue weighted by molar-refractivity contribution is 0.0956. The van der Waals surface area contributed by atoms with E-state index in [0.29, 0.717) is 11.4 Å². The summed E-state index contributed by atoms with van der Waals surface area (Å²) in [5.41, 5.74) is 0.825. The van der Waals surface area contributed by atoms with Crippen molar-refractivity contribution in [3.8, 4) is 0 Å². The van der Waals surface area contributed by atoms with Crippen molar-refractivity contribution in [2.24, 2.45) is 0 Å². The predicted molar refractivity (Wildman–Crippen MR) is 56.5 cm³/mol. The summed E-state index contributed by atoms with van der Waals surface area (Å²) in [6.07, 6.45) is 2.76. The Bertz CT molecular complexity index is 298. The number of aryl methyl sites for hydroxylation is 1. The minimum atomic E-state index is -0.0368. The lowest BCUT2D eigenvalue weighted by Crippen LogP contribution is -2.24. The average Bonchev–Trinajstić information content (AvgIpc) is 2.63. The number of nitrogens with zero attached hydrogens (tertiary/aromatic N) is 2. The number of amides is 1. The quantitative estimate of drug-likeness (QED) is 0.808. The molecule has 1 rings (SSSR count). The number of carbonyl (C=O) groups is 1. The van der Waals surface area contributed by atoms with Crippen molar-refractivity contribution in [3.05, 3.63) is 10.6 Å². The topological polar surface area (TPSA) is 54.9 Å². The number of carbonyl (C=O) groups excluding carboxylic acids is 1. The molecule has 1 aromatic heterocycles. The summed E-state index contributed by atoms with van der Waals surface area (Å²) in [7, 11) is 0. The van der Waals surface area contributed by atoms with Crippen LogP contribution in [0.3, 0.4) is 0 Å².